The lowest BCUT2D eigenvalue weighted by atomic mass is 10.1. The van der Waals surface area contributed by atoms with Crippen molar-refractivity contribution < 1.29 is 9.18 Å². The molecule has 1 aliphatic heterocycles. The van der Waals surface area contributed by atoms with Gasteiger partial charge in [0.05, 0.1) is 5.75 Å². The number of hydrogen-bond acceptors (Lipinski definition) is 2. The molecule has 0 saturated carbocycles. The van der Waals surface area contributed by atoms with Crippen LogP contribution in [-0.2, 0) is 4.79 Å². The molecule has 1 amide bonds. The van der Waals surface area contributed by atoms with Crippen molar-refractivity contribution in [3.05, 3.63) is 63.9 Å². The lowest BCUT2D eigenvalue weighted by Crippen LogP contribution is -2.28. The van der Waals surface area contributed by atoms with Crippen LogP contribution in [0.25, 0.3) is 0 Å². The van der Waals surface area contributed by atoms with Crippen molar-refractivity contribution in [3.63, 3.8) is 0 Å². The Bertz CT molecular complexity index is 709. The molecule has 0 aromatic heterocycles. The normalized spacial score (nSPS) is 18.1. The Hall–Kier alpha value is -1.52. The number of benzene rings is 2. The van der Waals surface area contributed by atoms with Gasteiger partial charge in [0.2, 0.25) is 5.91 Å². The third-order valence-corrected chi connectivity index (χ3v) is 5.10. The van der Waals surface area contributed by atoms with E-state index in [0.29, 0.717) is 16.3 Å². The number of nitrogens with zero attached hydrogens (tertiary/aromatic N) is 1. The zero-order valence-corrected chi connectivity index (χ0v) is 13.8. The fraction of sp³-hybridized carbons (Fsp3) is 0.235. The van der Waals surface area contributed by atoms with E-state index in [9.17, 15) is 9.18 Å². The zero-order valence-electron chi connectivity index (χ0n) is 12.3. The molecule has 114 valence electrons. The van der Waals surface area contributed by atoms with E-state index in [4.69, 9.17) is 11.6 Å². The van der Waals surface area contributed by atoms with Gasteiger partial charge >= 0.3 is 0 Å². The number of carbonyl (C=O) groups excluding carboxylic acids is 1. The molecule has 1 heterocycles. The Balaban J connectivity index is 2.10. The fourth-order valence-corrected chi connectivity index (χ4v) is 4.32. The summed E-state index contributed by atoms with van der Waals surface area (Å²) in [5.74, 6) is -0.0871. The molecule has 0 unspecified atom stereocenters. The number of hydrogen-bond donors (Lipinski definition) is 0. The number of thioether (sulfide) groups is 1. The number of rotatable bonds is 2. The summed E-state index contributed by atoms with van der Waals surface area (Å²) < 4.78 is 14.2. The highest BCUT2D eigenvalue weighted by Crippen LogP contribution is 2.45. The van der Waals surface area contributed by atoms with E-state index < -0.39 is 5.37 Å². The van der Waals surface area contributed by atoms with Crippen LogP contribution in [-0.4, -0.2) is 11.7 Å². The van der Waals surface area contributed by atoms with Crippen molar-refractivity contribution in [3.8, 4) is 0 Å². The molecule has 2 nitrogen and oxygen atoms in total. The number of aryl methyl sites for hydroxylation is 2. The van der Waals surface area contributed by atoms with E-state index in [1.54, 1.807) is 17.0 Å². The van der Waals surface area contributed by atoms with Gasteiger partial charge in [-0.1, -0.05) is 23.7 Å². The van der Waals surface area contributed by atoms with Crippen molar-refractivity contribution in [1.29, 1.82) is 0 Å². The first kappa shape index (κ1) is 15.4. The molecule has 0 radical (unpaired) electrons. The van der Waals surface area contributed by atoms with Gasteiger partial charge in [0.15, 0.2) is 0 Å². The molecule has 1 aliphatic rings. The molecule has 5 heteroatoms. The van der Waals surface area contributed by atoms with Gasteiger partial charge in [-0.3, -0.25) is 9.69 Å². The fourth-order valence-electron chi connectivity index (χ4n) is 2.75. The topological polar surface area (TPSA) is 20.3 Å². The average molecular weight is 336 g/mol. The smallest absolute Gasteiger partial charge is 0.238 e. The Morgan fingerprint density at radius 1 is 1.23 bits per heavy atom. The largest absolute Gasteiger partial charge is 0.295 e. The first-order valence-electron chi connectivity index (χ1n) is 6.93. The van der Waals surface area contributed by atoms with Gasteiger partial charge in [-0.2, -0.15) is 0 Å². The lowest BCUT2D eigenvalue weighted by Gasteiger charge is -2.26. The van der Waals surface area contributed by atoms with Gasteiger partial charge in [-0.05, 0) is 49.2 Å². The molecular formula is C17H15ClFNOS. The van der Waals surface area contributed by atoms with Crippen molar-refractivity contribution in [1.82, 2.24) is 0 Å². The third kappa shape index (κ3) is 2.73. The SMILES string of the molecule is Cc1cc(C)cc(N2C(=O)CS[C@@H]2c2c(F)cccc2Cl)c1. The highest BCUT2D eigenvalue weighted by atomic mass is 35.5. The van der Waals surface area contributed by atoms with Crippen LogP contribution in [0.5, 0.6) is 0 Å². The minimum absolute atomic E-state index is 0.0284. The van der Waals surface area contributed by atoms with Gasteiger partial charge in [0.1, 0.15) is 11.2 Å². The molecule has 0 N–H and O–H groups in total. The lowest BCUT2D eigenvalue weighted by molar-refractivity contribution is -0.115. The van der Waals surface area contributed by atoms with Crippen LogP contribution in [0, 0.1) is 19.7 Å². The maximum Gasteiger partial charge on any atom is 0.238 e. The first-order chi connectivity index (χ1) is 10.5. The van der Waals surface area contributed by atoms with E-state index in [0.717, 1.165) is 16.8 Å². The molecule has 3 rings (SSSR count). The van der Waals surface area contributed by atoms with Crippen LogP contribution >= 0.6 is 23.4 Å². The second-order valence-corrected chi connectivity index (χ2v) is 6.88. The van der Waals surface area contributed by atoms with Crippen LogP contribution in [0.3, 0.4) is 0 Å². The number of amides is 1. The molecule has 2 aromatic rings. The summed E-state index contributed by atoms with van der Waals surface area (Å²) in [7, 11) is 0. The molecular weight excluding hydrogens is 321 g/mol. The van der Waals surface area contributed by atoms with E-state index in [1.165, 1.54) is 17.8 Å². The van der Waals surface area contributed by atoms with Gasteiger partial charge in [-0.15, -0.1) is 11.8 Å². The predicted molar refractivity (Wildman–Crippen MR) is 90.0 cm³/mol. The Kier molecular flexibility index (Phi) is 4.15. The molecule has 1 fully saturated rings. The minimum atomic E-state index is -0.428. The van der Waals surface area contributed by atoms with Crippen LogP contribution in [0.2, 0.25) is 5.02 Å². The monoisotopic (exact) mass is 335 g/mol. The first-order valence-corrected chi connectivity index (χ1v) is 8.36. The Morgan fingerprint density at radius 2 is 1.91 bits per heavy atom. The second kappa shape index (κ2) is 5.94. The summed E-state index contributed by atoms with van der Waals surface area (Å²) in [4.78, 5) is 14.0. The Labute approximate surface area is 138 Å². The van der Waals surface area contributed by atoms with Crippen LogP contribution in [0.1, 0.15) is 22.1 Å². The highest BCUT2D eigenvalue weighted by Gasteiger charge is 2.36. The van der Waals surface area contributed by atoms with E-state index in [1.807, 2.05) is 32.0 Å². The highest BCUT2D eigenvalue weighted by molar-refractivity contribution is 8.00. The number of carbonyl (C=O) groups is 1. The molecule has 0 bridgehead atoms. The van der Waals surface area contributed by atoms with E-state index >= 15 is 0 Å². The maximum absolute atomic E-state index is 14.2. The van der Waals surface area contributed by atoms with E-state index in [-0.39, 0.29) is 11.7 Å². The van der Waals surface area contributed by atoms with Gasteiger partial charge in [0, 0.05) is 16.3 Å². The molecule has 0 spiro atoms. The van der Waals surface area contributed by atoms with E-state index in [2.05, 4.69) is 0 Å². The van der Waals surface area contributed by atoms with Crippen molar-refractivity contribution >= 4 is 35.0 Å². The summed E-state index contributed by atoms with van der Waals surface area (Å²) in [6, 6.07) is 10.5. The summed E-state index contributed by atoms with van der Waals surface area (Å²) in [5.41, 5.74) is 3.30. The molecule has 1 atom stereocenters. The molecule has 2 aromatic carbocycles. The number of halogens is 2. The zero-order chi connectivity index (χ0) is 15.9. The Morgan fingerprint density at radius 3 is 2.55 bits per heavy atom. The van der Waals surface area contributed by atoms with Gasteiger partial charge in [-0.25, -0.2) is 4.39 Å². The molecule has 1 saturated heterocycles. The summed E-state index contributed by atoms with van der Waals surface area (Å²) >= 11 is 7.58. The second-order valence-electron chi connectivity index (χ2n) is 5.41. The summed E-state index contributed by atoms with van der Waals surface area (Å²) in [6.45, 7) is 3.96. The molecule has 0 aliphatic carbocycles. The third-order valence-electron chi connectivity index (χ3n) is 3.60. The summed E-state index contributed by atoms with van der Waals surface area (Å²) in [5, 5.41) is -0.0797. The number of anilines is 1. The minimum Gasteiger partial charge on any atom is -0.295 e. The van der Waals surface area contributed by atoms with Gasteiger partial charge < -0.3 is 0 Å². The maximum atomic E-state index is 14.2. The average Bonchev–Trinajstić information content (AvgIpc) is 2.79. The quantitative estimate of drug-likeness (QED) is 0.780. The standard InChI is InChI=1S/C17H15ClFNOS/c1-10-6-11(2)8-12(7-10)20-15(21)9-22-17(20)16-13(18)4-3-5-14(16)19/h3-8,17H,9H2,1-2H3/t17-/m1/s1. The van der Waals surface area contributed by atoms with Crippen LogP contribution in [0.4, 0.5) is 10.1 Å². The summed E-state index contributed by atoms with van der Waals surface area (Å²) in [6.07, 6.45) is 0. The predicted octanol–water partition coefficient (Wildman–Crippen LogP) is 4.87. The van der Waals surface area contributed by atoms with Crippen molar-refractivity contribution in [2.75, 3.05) is 10.7 Å². The molecule has 22 heavy (non-hydrogen) atoms. The van der Waals surface area contributed by atoms with Gasteiger partial charge in [0.25, 0.3) is 0 Å². The van der Waals surface area contributed by atoms with Crippen molar-refractivity contribution in [2.24, 2.45) is 0 Å². The van der Waals surface area contributed by atoms with Crippen LogP contribution < -0.4 is 4.90 Å². The van der Waals surface area contributed by atoms with Crippen molar-refractivity contribution in [2.45, 2.75) is 19.2 Å². The van der Waals surface area contributed by atoms with Crippen LogP contribution in [0.15, 0.2) is 36.4 Å².